The molecule has 3 N–H and O–H groups in total. The standard InChI is InChI=1S/C27H43NO5S/c1-15(13-27(4,34)24(33)28-14-22(31)32)18-5-6-19-23-20(8-10-26(18,19)3)25(2)9-7-17(29)11-16(25)12-21(23)30/h15-20,23,29,34H,5-14H2,1-4H3,(H,28,33)(H,31,32). The number of hydrogen-bond acceptors (Lipinski definition) is 5. The highest BCUT2D eigenvalue weighted by Crippen LogP contribution is 2.67. The van der Waals surface area contributed by atoms with Gasteiger partial charge >= 0.3 is 5.97 Å². The Hall–Kier alpha value is -1.08. The van der Waals surface area contributed by atoms with Gasteiger partial charge in [0.15, 0.2) is 0 Å². The van der Waals surface area contributed by atoms with E-state index in [4.69, 9.17) is 5.11 Å². The second-order valence-electron chi connectivity index (χ2n) is 12.8. The molecule has 1 amide bonds. The number of fused-ring (bicyclic) bond motifs is 5. The summed E-state index contributed by atoms with van der Waals surface area (Å²) in [7, 11) is 0. The van der Waals surface area contributed by atoms with Crippen LogP contribution in [0.25, 0.3) is 0 Å². The fourth-order valence-corrected chi connectivity index (χ4v) is 9.46. The van der Waals surface area contributed by atoms with Crippen LogP contribution in [-0.4, -0.2) is 45.3 Å². The fourth-order valence-electron chi connectivity index (χ4n) is 9.09. The van der Waals surface area contributed by atoms with Crippen LogP contribution in [-0.2, 0) is 14.4 Å². The molecule has 6 nitrogen and oxygen atoms in total. The smallest absolute Gasteiger partial charge is 0.322 e. The number of carbonyl (C=O) groups excluding carboxylic acids is 2. The van der Waals surface area contributed by atoms with Crippen LogP contribution < -0.4 is 5.32 Å². The second-order valence-corrected chi connectivity index (χ2v) is 13.8. The van der Waals surface area contributed by atoms with Crippen LogP contribution >= 0.6 is 12.6 Å². The molecule has 192 valence electrons. The summed E-state index contributed by atoms with van der Waals surface area (Å²) >= 11 is 4.64. The van der Waals surface area contributed by atoms with Gasteiger partial charge in [-0.15, -0.1) is 0 Å². The Morgan fingerprint density at radius 2 is 1.79 bits per heavy atom. The number of aliphatic carboxylic acids is 1. The first-order chi connectivity index (χ1) is 15.8. The Kier molecular flexibility index (Phi) is 6.96. The van der Waals surface area contributed by atoms with Gasteiger partial charge in [-0.2, -0.15) is 12.6 Å². The Morgan fingerprint density at radius 1 is 1.15 bits per heavy atom. The van der Waals surface area contributed by atoms with Gasteiger partial charge in [-0.3, -0.25) is 14.4 Å². The maximum absolute atomic E-state index is 13.5. The maximum Gasteiger partial charge on any atom is 0.322 e. The summed E-state index contributed by atoms with van der Waals surface area (Å²) in [6.07, 6.45) is 7.93. The van der Waals surface area contributed by atoms with Gasteiger partial charge in [0.1, 0.15) is 12.3 Å². The normalized spacial score (nSPS) is 44.2. The van der Waals surface area contributed by atoms with Crippen molar-refractivity contribution in [3.63, 3.8) is 0 Å². The summed E-state index contributed by atoms with van der Waals surface area (Å²) in [5, 5.41) is 21.6. The van der Waals surface area contributed by atoms with Gasteiger partial charge in [0.25, 0.3) is 0 Å². The van der Waals surface area contributed by atoms with Crippen molar-refractivity contribution in [3.8, 4) is 0 Å². The number of ketones is 1. The van der Waals surface area contributed by atoms with E-state index >= 15 is 0 Å². The molecule has 0 saturated heterocycles. The van der Waals surface area contributed by atoms with Crippen LogP contribution in [0.1, 0.15) is 85.5 Å². The lowest BCUT2D eigenvalue weighted by Gasteiger charge is -2.60. The number of rotatable bonds is 6. The largest absolute Gasteiger partial charge is 0.480 e. The Labute approximate surface area is 209 Å². The molecule has 0 spiro atoms. The lowest BCUT2D eigenvalue weighted by atomic mass is 9.44. The zero-order valence-corrected chi connectivity index (χ0v) is 22.1. The number of carboxylic acids is 1. The van der Waals surface area contributed by atoms with E-state index < -0.39 is 17.3 Å². The molecule has 0 aliphatic heterocycles. The van der Waals surface area contributed by atoms with E-state index in [-0.39, 0.29) is 34.7 Å². The third-order valence-corrected chi connectivity index (χ3v) is 11.2. The van der Waals surface area contributed by atoms with Crippen molar-refractivity contribution in [2.75, 3.05) is 6.54 Å². The van der Waals surface area contributed by atoms with Gasteiger partial charge in [0.05, 0.1) is 10.9 Å². The van der Waals surface area contributed by atoms with Crippen molar-refractivity contribution in [1.29, 1.82) is 0 Å². The highest BCUT2D eigenvalue weighted by molar-refractivity contribution is 7.82. The minimum absolute atomic E-state index is 0.0784. The predicted molar refractivity (Wildman–Crippen MR) is 133 cm³/mol. The quantitative estimate of drug-likeness (QED) is 0.417. The molecule has 0 aromatic rings. The van der Waals surface area contributed by atoms with Crippen molar-refractivity contribution >= 4 is 30.3 Å². The molecule has 0 bridgehead atoms. The monoisotopic (exact) mass is 493 g/mol. The van der Waals surface area contributed by atoms with Crippen LogP contribution in [0.5, 0.6) is 0 Å². The van der Waals surface area contributed by atoms with Crippen molar-refractivity contribution < 1.29 is 24.6 Å². The van der Waals surface area contributed by atoms with E-state index in [0.717, 1.165) is 44.9 Å². The van der Waals surface area contributed by atoms with Crippen molar-refractivity contribution in [3.05, 3.63) is 0 Å². The van der Waals surface area contributed by atoms with Crippen LogP contribution in [0.3, 0.4) is 0 Å². The zero-order valence-electron chi connectivity index (χ0n) is 21.2. The summed E-state index contributed by atoms with van der Waals surface area (Å²) in [4.78, 5) is 37.0. The lowest BCUT2D eigenvalue weighted by molar-refractivity contribution is -0.160. The molecule has 4 rings (SSSR count). The van der Waals surface area contributed by atoms with Crippen molar-refractivity contribution in [2.24, 2.45) is 46.3 Å². The first-order valence-electron chi connectivity index (χ1n) is 13.2. The number of Topliss-reactive ketones (excluding diaryl/α,β-unsaturated/α-hetero) is 1. The zero-order chi connectivity index (χ0) is 25.1. The minimum atomic E-state index is -1.06. The number of amides is 1. The number of thiol groups is 1. The van der Waals surface area contributed by atoms with Crippen LogP contribution in [0.2, 0.25) is 0 Å². The molecule has 10 atom stereocenters. The van der Waals surface area contributed by atoms with Crippen LogP contribution in [0, 0.1) is 46.3 Å². The summed E-state index contributed by atoms with van der Waals surface area (Å²) in [5.41, 5.74) is 0.240. The molecule has 4 aliphatic rings. The van der Waals surface area contributed by atoms with E-state index in [0.29, 0.717) is 42.3 Å². The first kappa shape index (κ1) is 26.0. The summed E-state index contributed by atoms with van der Waals surface area (Å²) in [6, 6.07) is 0. The molecule has 0 heterocycles. The molecule has 0 radical (unpaired) electrons. The van der Waals surface area contributed by atoms with Crippen molar-refractivity contribution in [1.82, 2.24) is 5.32 Å². The topological polar surface area (TPSA) is 104 Å². The molecule has 4 aliphatic carbocycles. The Morgan fingerprint density at radius 3 is 2.47 bits per heavy atom. The van der Waals surface area contributed by atoms with Gasteiger partial charge in [-0.05, 0) is 98.7 Å². The molecule has 0 aromatic heterocycles. The van der Waals surface area contributed by atoms with Gasteiger partial charge in [0, 0.05) is 12.3 Å². The van der Waals surface area contributed by atoms with Gasteiger partial charge in [0.2, 0.25) is 5.91 Å². The number of aliphatic hydroxyl groups excluding tert-OH is 1. The Balaban J connectivity index is 1.49. The summed E-state index contributed by atoms with van der Waals surface area (Å²) in [5.74, 6) is 0.966. The lowest BCUT2D eigenvalue weighted by Crippen LogP contribution is -2.57. The number of nitrogens with one attached hydrogen (secondary N) is 1. The van der Waals surface area contributed by atoms with E-state index in [2.05, 4.69) is 38.7 Å². The number of carboxylic acid groups (broad SMARTS) is 1. The molecule has 4 saturated carbocycles. The van der Waals surface area contributed by atoms with Gasteiger partial charge in [-0.25, -0.2) is 0 Å². The molecule has 10 unspecified atom stereocenters. The second kappa shape index (κ2) is 9.10. The van der Waals surface area contributed by atoms with Crippen LogP contribution in [0.15, 0.2) is 0 Å². The SMILES string of the molecule is CC(CC(C)(S)C(=O)NCC(=O)O)C1CCC2C3C(=O)CC4CC(O)CCC4(C)C3CCC12C. The van der Waals surface area contributed by atoms with Gasteiger partial charge < -0.3 is 15.5 Å². The molecule has 34 heavy (non-hydrogen) atoms. The third-order valence-electron chi connectivity index (χ3n) is 10.8. The number of carbonyl (C=O) groups is 3. The van der Waals surface area contributed by atoms with Crippen molar-refractivity contribution in [2.45, 2.75) is 96.3 Å². The molecule has 0 aromatic carbocycles. The van der Waals surface area contributed by atoms with Crippen LogP contribution in [0.4, 0.5) is 0 Å². The maximum atomic E-state index is 13.5. The first-order valence-corrected chi connectivity index (χ1v) is 13.7. The van der Waals surface area contributed by atoms with E-state index in [9.17, 15) is 19.5 Å². The third kappa shape index (κ3) is 4.33. The molecular weight excluding hydrogens is 450 g/mol. The number of aliphatic hydroxyl groups is 1. The highest BCUT2D eigenvalue weighted by atomic mass is 32.1. The average Bonchev–Trinajstić information content (AvgIpc) is 3.10. The summed E-state index contributed by atoms with van der Waals surface area (Å²) < 4.78 is -0.940. The molecule has 7 heteroatoms. The molecule has 4 fully saturated rings. The highest BCUT2D eigenvalue weighted by Gasteiger charge is 2.63. The van der Waals surface area contributed by atoms with Gasteiger partial charge in [-0.1, -0.05) is 20.8 Å². The molecular formula is C27H43NO5S. The van der Waals surface area contributed by atoms with E-state index in [1.165, 1.54) is 0 Å². The number of hydrogen-bond donors (Lipinski definition) is 4. The fraction of sp³-hybridized carbons (Fsp3) is 0.889. The van der Waals surface area contributed by atoms with E-state index in [1.807, 2.05) is 0 Å². The minimum Gasteiger partial charge on any atom is -0.480 e. The summed E-state index contributed by atoms with van der Waals surface area (Å²) in [6.45, 7) is 8.36. The predicted octanol–water partition coefficient (Wildman–Crippen LogP) is 4.10. The van der Waals surface area contributed by atoms with E-state index in [1.54, 1.807) is 6.92 Å². The Bertz CT molecular complexity index is 845. The average molecular weight is 494 g/mol.